The third-order valence-corrected chi connectivity index (χ3v) is 2.76. The molecule has 0 unspecified atom stereocenters. The van der Waals surface area contributed by atoms with E-state index in [9.17, 15) is 14.9 Å². The molecule has 0 aromatic heterocycles. The molecule has 0 saturated heterocycles. The van der Waals surface area contributed by atoms with Crippen molar-refractivity contribution >= 4 is 29.7 Å². The highest BCUT2D eigenvalue weighted by Crippen LogP contribution is 2.22. The van der Waals surface area contributed by atoms with Crippen molar-refractivity contribution in [1.82, 2.24) is 5.32 Å². The van der Waals surface area contributed by atoms with Crippen molar-refractivity contribution in [2.45, 2.75) is 25.8 Å². The van der Waals surface area contributed by atoms with Gasteiger partial charge in [-0.3, -0.25) is 14.9 Å². The summed E-state index contributed by atoms with van der Waals surface area (Å²) in [5, 5.41) is 16.5. The van der Waals surface area contributed by atoms with Crippen molar-refractivity contribution in [3.8, 4) is 0 Å². The molecule has 8 heteroatoms. The molecular formula is C13H21ClN4O3. The highest BCUT2D eigenvalue weighted by atomic mass is 35.5. The molecule has 1 aromatic rings. The molecular weight excluding hydrogens is 296 g/mol. The smallest absolute Gasteiger partial charge is 0.292 e. The number of hydrogen-bond donors (Lipinski definition) is 3. The molecule has 7 nitrogen and oxygen atoms in total. The van der Waals surface area contributed by atoms with Gasteiger partial charge in [-0.15, -0.1) is 12.4 Å². The van der Waals surface area contributed by atoms with E-state index in [0.29, 0.717) is 18.8 Å². The van der Waals surface area contributed by atoms with Crippen LogP contribution in [0.3, 0.4) is 0 Å². The van der Waals surface area contributed by atoms with Gasteiger partial charge in [0.15, 0.2) is 0 Å². The van der Waals surface area contributed by atoms with Crippen molar-refractivity contribution < 1.29 is 9.72 Å². The van der Waals surface area contributed by atoms with Gasteiger partial charge in [0, 0.05) is 31.1 Å². The highest BCUT2D eigenvalue weighted by Gasteiger charge is 2.18. The fourth-order valence-corrected chi connectivity index (χ4v) is 1.58. The van der Waals surface area contributed by atoms with Crippen LogP contribution in [0.1, 0.15) is 20.3 Å². The number of rotatable bonds is 7. The number of carbonyl (C=O) groups is 1. The largest absolute Gasteiger partial charge is 0.379 e. The van der Waals surface area contributed by atoms with Crippen LogP contribution >= 0.6 is 12.4 Å². The molecule has 0 saturated carbocycles. The molecule has 1 aromatic carbocycles. The summed E-state index contributed by atoms with van der Waals surface area (Å²) in [6, 6.07) is 6.33. The summed E-state index contributed by atoms with van der Waals surface area (Å²) in [5.41, 5.74) is 5.48. The van der Waals surface area contributed by atoms with Crippen molar-refractivity contribution in [3.63, 3.8) is 0 Å². The topological polar surface area (TPSA) is 110 Å². The van der Waals surface area contributed by atoms with Crippen LogP contribution < -0.4 is 16.4 Å². The van der Waals surface area contributed by atoms with E-state index in [1.54, 1.807) is 18.2 Å². The lowest BCUT2D eigenvalue weighted by Gasteiger charge is -2.24. The second-order valence-electron chi connectivity index (χ2n) is 5.09. The molecule has 0 atom stereocenters. The second-order valence-corrected chi connectivity index (χ2v) is 5.09. The van der Waals surface area contributed by atoms with Gasteiger partial charge in [-0.2, -0.15) is 0 Å². The van der Waals surface area contributed by atoms with E-state index in [-0.39, 0.29) is 30.4 Å². The Balaban J connectivity index is 0.00000400. The van der Waals surface area contributed by atoms with Gasteiger partial charge in [0.25, 0.3) is 5.69 Å². The number of nitrogens with one attached hydrogen (secondary N) is 2. The van der Waals surface area contributed by atoms with Gasteiger partial charge in [-0.1, -0.05) is 12.1 Å². The fourth-order valence-electron chi connectivity index (χ4n) is 1.58. The third-order valence-electron chi connectivity index (χ3n) is 2.76. The summed E-state index contributed by atoms with van der Waals surface area (Å²) >= 11 is 0. The maximum absolute atomic E-state index is 11.7. The lowest BCUT2D eigenvalue weighted by Crippen LogP contribution is -2.49. The van der Waals surface area contributed by atoms with Crippen molar-refractivity contribution in [2.75, 3.05) is 18.4 Å². The van der Waals surface area contributed by atoms with Gasteiger partial charge in [0.1, 0.15) is 5.69 Å². The van der Waals surface area contributed by atoms with E-state index in [1.165, 1.54) is 6.07 Å². The summed E-state index contributed by atoms with van der Waals surface area (Å²) in [7, 11) is 0. The maximum Gasteiger partial charge on any atom is 0.292 e. The summed E-state index contributed by atoms with van der Waals surface area (Å²) in [6.45, 7) is 4.33. The van der Waals surface area contributed by atoms with E-state index >= 15 is 0 Å². The Morgan fingerprint density at radius 2 is 2.00 bits per heavy atom. The quantitative estimate of drug-likeness (QED) is 0.523. The average molecular weight is 317 g/mol. The van der Waals surface area contributed by atoms with Crippen LogP contribution in [0.4, 0.5) is 11.4 Å². The van der Waals surface area contributed by atoms with Gasteiger partial charge in [0.05, 0.1) is 4.92 Å². The minimum Gasteiger partial charge on any atom is -0.379 e. The molecule has 21 heavy (non-hydrogen) atoms. The molecule has 0 spiro atoms. The molecule has 0 bridgehead atoms. The molecule has 1 amide bonds. The van der Waals surface area contributed by atoms with E-state index in [0.717, 1.165) is 0 Å². The zero-order valence-corrected chi connectivity index (χ0v) is 12.9. The Morgan fingerprint density at radius 1 is 1.38 bits per heavy atom. The first kappa shape index (κ1) is 19.1. The Morgan fingerprint density at radius 3 is 2.57 bits per heavy atom. The zero-order chi connectivity index (χ0) is 15.2. The second kappa shape index (κ2) is 8.43. The van der Waals surface area contributed by atoms with Gasteiger partial charge in [-0.05, 0) is 19.9 Å². The SMILES string of the molecule is CC(C)(CN)NC(=O)CCNc1ccccc1[N+](=O)[O-].Cl. The number of halogens is 1. The molecule has 0 aliphatic carbocycles. The highest BCUT2D eigenvalue weighted by molar-refractivity contribution is 5.85. The average Bonchev–Trinajstić information content (AvgIpc) is 2.38. The molecule has 0 aliphatic heterocycles. The van der Waals surface area contributed by atoms with Crippen molar-refractivity contribution in [2.24, 2.45) is 5.73 Å². The minimum atomic E-state index is -0.458. The molecule has 0 radical (unpaired) electrons. The van der Waals surface area contributed by atoms with Gasteiger partial charge in [0.2, 0.25) is 5.91 Å². The van der Waals surface area contributed by atoms with Crippen LogP contribution in [0.25, 0.3) is 0 Å². The number of nitrogens with two attached hydrogens (primary N) is 1. The summed E-state index contributed by atoms with van der Waals surface area (Å²) in [6.07, 6.45) is 0.218. The van der Waals surface area contributed by atoms with Crippen LogP contribution in [0, 0.1) is 10.1 Å². The lowest BCUT2D eigenvalue weighted by molar-refractivity contribution is -0.384. The number of amides is 1. The number of para-hydroxylation sites is 2. The summed E-state index contributed by atoms with van der Waals surface area (Å²) < 4.78 is 0. The van der Waals surface area contributed by atoms with Crippen molar-refractivity contribution in [3.05, 3.63) is 34.4 Å². The molecule has 4 N–H and O–H groups in total. The van der Waals surface area contributed by atoms with E-state index in [1.807, 2.05) is 13.8 Å². The number of nitrogens with zero attached hydrogens (tertiary/aromatic N) is 1. The molecule has 0 aliphatic rings. The first-order valence-corrected chi connectivity index (χ1v) is 6.34. The molecule has 1 rings (SSSR count). The number of benzene rings is 1. The van der Waals surface area contributed by atoms with E-state index in [2.05, 4.69) is 10.6 Å². The van der Waals surface area contributed by atoms with Gasteiger partial charge in [-0.25, -0.2) is 0 Å². The predicted molar refractivity (Wildman–Crippen MR) is 84.7 cm³/mol. The summed E-state index contributed by atoms with van der Waals surface area (Å²) in [4.78, 5) is 22.0. The van der Waals surface area contributed by atoms with Gasteiger partial charge < -0.3 is 16.4 Å². The monoisotopic (exact) mass is 316 g/mol. The van der Waals surface area contributed by atoms with Gasteiger partial charge >= 0.3 is 0 Å². The standard InChI is InChI=1S/C13H20N4O3.ClH/c1-13(2,9-14)16-12(18)7-8-15-10-5-3-4-6-11(10)17(19)20;/h3-6,15H,7-9,14H2,1-2H3,(H,16,18);1H. The Bertz CT molecular complexity index is 494. The number of carbonyl (C=O) groups excluding carboxylic acids is 1. The third kappa shape index (κ3) is 6.42. The lowest BCUT2D eigenvalue weighted by atomic mass is 10.1. The van der Waals surface area contributed by atoms with Crippen LogP contribution in [0.2, 0.25) is 0 Å². The van der Waals surface area contributed by atoms with Crippen molar-refractivity contribution in [1.29, 1.82) is 0 Å². The fraction of sp³-hybridized carbons (Fsp3) is 0.462. The molecule has 0 heterocycles. The minimum absolute atomic E-state index is 0. The Labute approximate surface area is 129 Å². The first-order chi connectivity index (χ1) is 9.35. The Kier molecular flexibility index (Phi) is 7.69. The Hall–Kier alpha value is -1.86. The van der Waals surface area contributed by atoms with E-state index < -0.39 is 10.5 Å². The van der Waals surface area contributed by atoms with E-state index in [4.69, 9.17) is 5.73 Å². The normalized spacial score (nSPS) is 10.4. The van der Waals surface area contributed by atoms with Crippen LogP contribution in [-0.2, 0) is 4.79 Å². The maximum atomic E-state index is 11.7. The summed E-state index contributed by atoms with van der Waals surface area (Å²) in [5.74, 6) is -0.147. The van der Waals surface area contributed by atoms with Crippen LogP contribution in [0.5, 0.6) is 0 Å². The predicted octanol–water partition coefficient (Wildman–Crippen LogP) is 1.67. The number of hydrogen-bond acceptors (Lipinski definition) is 5. The molecule has 0 fully saturated rings. The number of nitro benzene ring substituents is 1. The zero-order valence-electron chi connectivity index (χ0n) is 12.1. The molecule has 118 valence electrons. The number of nitro groups is 1. The number of anilines is 1. The van der Waals surface area contributed by atoms with Crippen LogP contribution in [0.15, 0.2) is 24.3 Å². The van der Waals surface area contributed by atoms with Crippen LogP contribution in [-0.4, -0.2) is 29.5 Å². The first-order valence-electron chi connectivity index (χ1n) is 6.34.